The third-order valence-electron chi connectivity index (χ3n) is 3.89. The van der Waals surface area contributed by atoms with Gasteiger partial charge in [-0.15, -0.1) is 0 Å². The molecule has 0 heterocycles. The molecule has 0 aliphatic rings. The van der Waals surface area contributed by atoms with Crippen molar-refractivity contribution in [2.24, 2.45) is 0 Å². The van der Waals surface area contributed by atoms with E-state index in [1.807, 2.05) is 0 Å². The van der Waals surface area contributed by atoms with Crippen LogP contribution in [0.5, 0.6) is 5.75 Å². The largest absolute Gasteiger partial charge is 0.435 e. The predicted octanol–water partition coefficient (Wildman–Crippen LogP) is 7.36. The molecule has 0 unspecified atom stereocenters. The van der Waals surface area contributed by atoms with Crippen molar-refractivity contribution < 1.29 is 13.5 Å². The molecule has 5 heteroatoms. The summed E-state index contributed by atoms with van der Waals surface area (Å²) >= 11 is 3.90. The number of hydrogen-bond donors (Lipinski definition) is 0. The molecular weight excluding hydrogens is 465 g/mol. The van der Waals surface area contributed by atoms with Gasteiger partial charge in [0.1, 0.15) is 5.75 Å². The van der Waals surface area contributed by atoms with Gasteiger partial charge in [-0.2, -0.15) is 8.78 Å². The fraction of sp³-hybridized carbons (Fsp3) is 0.238. The average Bonchev–Trinajstić information content (AvgIpc) is 2.57. The van der Waals surface area contributed by atoms with Crippen molar-refractivity contribution in [2.45, 2.75) is 33.8 Å². The van der Waals surface area contributed by atoms with Gasteiger partial charge in [0.15, 0.2) is 0 Å². The van der Waals surface area contributed by atoms with Crippen LogP contribution in [0, 0.1) is 17.4 Å². The molecule has 26 heavy (non-hydrogen) atoms. The van der Waals surface area contributed by atoms with Gasteiger partial charge in [-0.1, -0.05) is 42.1 Å². The molecule has 0 spiro atoms. The van der Waals surface area contributed by atoms with Crippen LogP contribution in [0.1, 0.15) is 29.2 Å². The first-order valence-electron chi connectivity index (χ1n) is 8.08. The zero-order chi connectivity index (χ0) is 19.3. The molecule has 0 N–H and O–H groups in total. The van der Waals surface area contributed by atoms with E-state index in [2.05, 4.69) is 72.2 Å². The minimum atomic E-state index is -2.81. The Balaban J connectivity index is 2.00. The summed E-state index contributed by atoms with van der Waals surface area (Å²) in [4.78, 5) is 0.864. The number of ether oxygens (including phenoxy) is 1. The molecule has 0 bridgehead atoms. The van der Waals surface area contributed by atoms with E-state index in [-0.39, 0.29) is 5.75 Å². The molecule has 0 aromatic heterocycles. The fourth-order valence-electron chi connectivity index (χ4n) is 2.44. The van der Waals surface area contributed by atoms with Gasteiger partial charge < -0.3 is 4.74 Å². The summed E-state index contributed by atoms with van der Waals surface area (Å²) in [5.74, 6) is 0.151. The lowest BCUT2D eigenvalue weighted by molar-refractivity contribution is -0.0498. The van der Waals surface area contributed by atoms with Crippen LogP contribution in [0.15, 0.2) is 54.0 Å². The zero-order valence-corrected chi connectivity index (χ0v) is 18.0. The zero-order valence-electron chi connectivity index (χ0n) is 15.0. The van der Waals surface area contributed by atoms with Crippen LogP contribution >= 0.6 is 34.4 Å². The Kier molecular flexibility index (Phi) is 7.70. The molecule has 2 aromatic rings. The Morgan fingerprint density at radius 1 is 1.19 bits per heavy atom. The van der Waals surface area contributed by atoms with E-state index < -0.39 is 6.61 Å². The molecule has 2 aromatic carbocycles. The molecule has 0 aliphatic carbocycles. The smallest absolute Gasteiger partial charge is 0.387 e. The van der Waals surface area contributed by atoms with E-state index >= 15 is 0 Å². The summed E-state index contributed by atoms with van der Waals surface area (Å²) in [6.45, 7) is 7.63. The molecule has 0 atom stereocenters. The van der Waals surface area contributed by atoms with Gasteiger partial charge in [0.25, 0.3) is 0 Å². The molecule has 138 valence electrons. The lowest BCUT2D eigenvalue weighted by atomic mass is 10.00. The maximum atomic E-state index is 12.2. The van der Waals surface area contributed by atoms with Crippen molar-refractivity contribution in [2.75, 3.05) is 0 Å². The van der Waals surface area contributed by atoms with Crippen LogP contribution in [0.4, 0.5) is 8.78 Å². The quantitative estimate of drug-likeness (QED) is 0.378. The minimum absolute atomic E-state index is 0.151. The Labute approximate surface area is 171 Å². The summed E-state index contributed by atoms with van der Waals surface area (Å²) in [5.41, 5.74) is 6.06. The molecule has 0 saturated heterocycles. The molecule has 2 rings (SSSR count). The second-order valence-corrected chi connectivity index (χ2v) is 8.24. The molecule has 0 aliphatic heterocycles. The van der Waals surface area contributed by atoms with Crippen molar-refractivity contribution in [1.82, 2.24) is 0 Å². The van der Waals surface area contributed by atoms with Crippen LogP contribution in [-0.4, -0.2) is 6.61 Å². The molecule has 1 nitrogen and oxygen atoms in total. The summed E-state index contributed by atoms with van der Waals surface area (Å²) in [6, 6.07) is 11.0. The molecule has 0 radical (unpaired) electrons. The maximum absolute atomic E-state index is 12.2. The van der Waals surface area contributed by atoms with E-state index in [1.165, 1.54) is 38.0 Å². The normalized spacial score (nSPS) is 11.7. The van der Waals surface area contributed by atoms with Crippen molar-refractivity contribution in [3.05, 3.63) is 79.8 Å². The van der Waals surface area contributed by atoms with Crippen LogP contribution in [0.3, 0.4) is 0 Å². The van der Waals surface area contributed by atoms with E-state index in [4.69, 9.17) is 0 Å². The van der Waals surface area contributed by atoms with Gasteiger partial charge in [-0.3, -0.25) is 0 Å². The standard InChI is InChI=1S/C21H21F2IOS/c1-13(9-18-10-15(3)20(24)11-14(18)2)12-26-16(4)17-5-7-19(8-6-17)25-21(22)23/h5-8,10-12,21H,4,9H2,1-3H3/b13-12+. The van der Waals surface area contributed by atoms with Crippen LogP contribution in [0.2, 0.25) is 0 Å². The first-order chi connectivity index (χ1) is 12.3. The molecular formula is C21H21F2IOS. The molecule has 0 amide bonds. The van der Waals surface area contributed by atoms with Crippen molar-refractivity contribution >= 4 is 39.3 Å². The number of allylic oxidation sites excluding steroid dienone is 1. The van der Waals surface area contributed by atoms with E-state index in [9.17, 15) is 8.78 Å². The van der Waals surface area contributed by atoms with Gasteiger partial charge in [-0.25, -0.2) is 0 Å². The number of halogens is 3. The topological polar surface area (TPSA) is 9.23 Å². The SMILES string of the molecule is C=C(S/C=C(\C)Cc1cc(C)c(I)cc1C)c1ccc(OC(F)F)cc1. The van der Waals surface area contributed by atoms with E-state index in [0.29, 0.717) is 0 Å². The number of hydrogen-bond acceptors (Lipinski definition) is 2. The molecule has 0 saturated carbocycles. The van der Waals surface area contributed by atoms with Gasteiger partial charge in [0.05, 0.1) is 0 Å². The molecule has 0 fully saturated rings. The van der Waals surface area contributed by atoms with Crippen LogP contribution in [0.25, 0.3) is 4.91 Å². The number of alkyl halides is 2. The third kappa shape index (κ3) is 6.13. The summed E-state index contributed by atoms with van der Waals surface area (Å²) < 4.78 is 30.0. The highest BCUT2D eigenvalue weighted by Gasteiger charge is 2.06. The van der Waals surface area contributed by atoms with Crippen LogP contribution in [-0.2, 0) is 6.42 Å². The second kappa shape index (κ2) is 9.55. The van der Waals surface area contributed by atoms with Crippen molar-refractivity contribution in [3.63, 3.8) is 0 Å². The first kappa shape index (κ1) is 21.0. The third-order valence-corrected chi connectivity index (χ3v) is 6.09. The second-order valence-electron chi connectivity index (χ2n) is 6.11. The van der Waals surface area contributed by atoms with Gasteiger partial charge in [-0.05, 0) is 95.6 Å². The lowest BCUT2D eigenvalue weighted by Gasteiger charge is -2.10. The van der Waals surface area contributed by atoms with Crippen molar-refractivity contribution in [1.29, 1.82) is 0 Å². The summed E-state index contributed by atoms with van der Waals surface area (Å²) in [7, 11) is 0. The monoisotopic (exact) mass is 486 g/mol. The summed E-state index contributed by atoms with van der Waals surface area (Å²) in [6.07, 6.45) is 0.894. The Hall–Kier alpha value is -1.34. The lowest BCUT2D eigenvalue weighted by Crippen LogP contribution is -2.01. The highest BCUT2D eigenvalue weighted by molar-refractivity contribution is 14.1. The number of thioether (sulfide) groups is 1. The summed E-state index contributed by atoms with van der Waals surface area (Å²) in [5, 5.41) is 2.10. The minimum Gasteiger partial charge on any atom is -0.435 e. The van der Waals surface area contributed by atoms with Gasteiger partial charge in [0.2, 0.25) is 0 Å². The van der Waals surface area contributed by atoms with Crippen LogP contribution < -0.4 is 4.74 Å². The number of aryl methyl sites for hydroxylation is 2. The van der Waals surface area contributed by atoms with E-state index in [0.717, 1.165) is 16.9 Å². The first-order valence-corrected chi connectivity index (χ1v) is 10.0. The highest BCUT2D eigenvalue weighted by atomic mass is 127. The maximum Gasteiger partial charge on any atom is 0.387 e. The Morgan fingerprint density at radius 2 is 1.85 bits per heavy atom. The fourth-order valence-corrected chi connectivity index (χ4v) is 3.76. The Morgan fingerprint density at radius 3 is 2.46 bits per heavy atom. The Bertz CT molecular complexity index is 814. The number of benzene rings is 2. The van der Waals surface area contributed by atoms with E-state index in [1.54, 1.807) is 23.9 Å². The predicted molar refractivity (Wildman–Crippen MR) is 116 cm³/mol. The average molecular weight is 486 g/mol. The van der Waals surface area contributed by atoms with Gasteiger partial charge >= 0.3 is 6.61 Å². The number of rotatable bonds is 7. The van der Waals surface area contributed by atoms with Crippen molar-refractivity contribution in [3.8, 4) is 5.75 Å². The highest BCUT2D eigenvalue weighted by Crippen LogP contribution is 2.30. The van der Waals surface area contributed by atoms with Gasteiger partial charge in [0, 0.05) is 8.48 Å².